The average molecular weight is 264 g/mol. The first-order chi connectivity index (χ1) is 9.60. The summed E-state index contributed by atoms with van der Waals surface area (Å²) in [5.74, 6) is 0.421. The summed E-state index contributed by atoms with van der Waals surface area (Å²) < 4.78 is 0. The Morgan fingerprint density at radius 2 is 2.15 bits per heavy atom. The number of nitrogens with two attached hydrogens (primary N) is 1. The summed E-state index contributed by atoms with van der Waals surface area (Å²) in [7, 11) is 0. The van der Waals surface area contributed by atoms with Gasteiger partial charge in [-0.3, -0.25) is 0 Å². The molecule has 2 heterocycles. The summed E-state index contributed by atoms with van der Waals surface area (Å²) in [5, 5.41) is 12.2. The van der Waals surface area contributed by atoms with Gasteiger partial charge in [0.05, 0.1) is 0 Å². The predicted molar refractivity (Wildman–Crippen MR) is 79.4 cm³/mol. The Kier molecular flexibility index (Phi) is 2.76. The third-order valence-corrected chi connectivity index (χ3v) is 3.69. The van der Waals surface area contributed by atoms with Crippen LogP contribution in [0.4, 0.5) is 5.69 Å². The topological polar surface area (TPSA) is 65.1 Å². The smallest absolute Gasteiger partial charge is 0.119 e. The molecule has 3 rings (SSSR count). The van der Waals surface area contributed by atoms with E-state index in [1.54, 1.807) is 0 Å². The van der Waals surface area contributed by atoms with Crippen LogP contribution < -0.4 is 16.0 Å². The molecule has 0 fully saturated rings. The number of aryl methyl sites for hydroxylation is 2. The summed E-state index contributed by atoms with van der Waals surface area (Å²) >= 11 is 0. The highest BCUT2D eigenvalue weighted by atomic mass is 15.1. The molecule has 4 nitrogen and oxygen atoms in total. The number of anilines is 1. The van der Waals surface area contributed by atoms with Crippen LogP contribution in [0.3, 0.4) is 0 Å². The molecule has 4 heteroatoms. The van der Waals surface area contributed by atoms with Crippen molar-refractivity contribution in [2.75, 3.05) is 11.4 Å². The molecule has 20 heavy (non-hydrogen) atoms. The van der Waals surface area contributed by atoms with E-state index in [0.29, 0.717) is 11.4 Å². The van der Waals surface area contributed by atoms with Crippen molar-refractivity contribution in [1.29, 1.82) is 5.26 Å². The number of allylic oxidation sites excluding steroid dienone is 1. The molecule has 1 aromatic carbocycles. The molecule has 0 aromatic heterocycles. The highest BCUT2D eigenvalue weighted by Gasteiger charge is 2.26. The minimum absolute atomic E-state index is 0.421. The molecule has 2 aliphatic rings. The SMILES string of the molecule is Cc1ccc(N2C=C3C(=CNC(N)=C3C#N)C2)c(C)c1. The maximum absolute atomic E-state index is 9.24. The molecular weight excluding hydrogens is 248 g/mol. The third kappa shape index (κ3) is 1.84. The van der Waals surface area contributed by atoms with Crippen molar-refractivity contribution >= 4 is 5.69 Å². The molecule has 0 radical (unpaired) electrons. The standard InChI is InChI=1S/C16H16N4/c1-10-3-4-15(11(2)5-10)20-8-12-7-19-16(18)13(6-17)14(12)9-20/h3-5,7,9,19H,8,18H2,1-2H3. The quantitative estimate of drug-likeness (QED) is 0.816. The lowest BCUT2D eigenvalue weighted by Gasteiger charge is -2.18. The van der Waals surface area contributed by atoms with Gasteiger partial charge in [-0.1, -0.05) is 17.7 Å². The zero-order valence-corrected chi connectivity index (χ0v) is 11.6. The van der Waals surface area contributed by atoms with E-state index >= 15 is 0 Å². The molecule has 0 unspecified atom stereocenters. The molecule has 0 amide bonds. The number of hydrogen-bond acceptors (Lipinski definition) is 4. The van der Waals surface area contributed by atoms with Gasteiger partial charge >= 0.3 is 0 Å². The minimum atomic E-state index is 0.421. The van der Waals surface area contributed by atoms with Crippen LogP contribution in [0.15, 0.2) is 53.1 Å². The van der Waals surface area contributed by atoms with E-state index in [1.807, 2.05) is 12.4 Å². The first-order valence-electron chi connectivity index (χ1n) is 6.52. The van der Waals surface area contributed by atoms with Gasteiger partial charge in [0.15, 0.2) is 0 Å². The second-order valence-corrected chi connectivity index (χ2v) is 5.18. The zero-order valence-electron chi connectivity index (χ0n) is 11.6. The fourth-order valence-corrected chi connectivity index (χ4v) is 2.69. The fourth-order valence-electron chi connectivity index (χ4n) is 2.69. The second kappa shape index (κ2) is 4.46. The van der Waals surface area contributed by atoms with Crippen LogP contribution in [0, 0.1) is 25.2 Å². The maximum atomic E-state index is 9.24. The summed E-state index contributed by atoms with van der Waals surface area (Å²) in [6.45, 7) is 4.94. The van der Waals surface area contributed by atoms with E-state index in [-0.39, 0.29) is 0 Å². The van der Waals surface area contributed by atoms with Crippen molar-refractivity contribution in [1.82, 2.24) is 5.32 Å². The Hall–Kier alpha value is -2.67. The van der Waals surface area contributed by atoms with E-state index in [2.05, 4.69) is 48.3 Å². The normalized spacial score (nSPS) is 17.1. The molecule has 0 bridgehead atoms. The van der Waals surface area contributed by atoms with Crippen LogP contribution in [-0.4, -0.2) is 6.54 Å². The molecule has 2 aliphatic heterocycles. The van der Waals surface area contributed by atoms with Crippen LogP contribution in [0.2, 0.25) is 0 Å². The van der Waals surface area contributed by atoms with Gasteiger partial charge in [0.1, 0.15) is 17.5 Å². The van der Waals surface area contributed by atoms with Gasteiger partial charge in [-0.05, 0) is 31.1 Å². The number of nitrogens with one attached hydrogen (secondary N) is 1. The first-order valence-corrected chi connectivity index (χ1v) is 6.52. The van der Waals surface area contributed by atoms with E-state index in [4.69, 9.17) is 5.73 Å². The van der Waals surface area contributed by atoms with Crippen molar-refractivity contribution in [2.24, 2.45) is 5.73 Å². The van der Waals surface area contributed by atoms with Crippen molar-refractivity contribution in [3.63, 3.8) is 0 Å². The number of nitriles is 1. The highest BCUT2D eigenvalue weighted by Crippen LogP contribution is 2.34. The minimum Gasteiger partial charge on any atom is -0.384 e. The van der Waals surface area contributed by atoms with Crippen molar-refractivity contribution in [3.05, 3.63) is 64.3 Å². The lowest BCUT2D eigenvalue weighted by Crippen LogP contribution is -2.22. The van der Waals surface area contributed by atoms with Gasteiger partial charge in [0, 0.05) is 30.2 Å². The maximum Gasteiger partial charge on any atom is 0.119 e. The lowest BCUT2D eigenvalue weighted by molar-refractivity contribution is 0.961. The summed E-state index contributed by atoms with van der Waals surface area (Å²) in [5.41, 5.74) is 12.0. The number of nitrogens with zero attached hydrogens (tertiary/aromatic N) is 2. The van der Waals surface area contributed by atoms with Gasteiger partial charge in [0.2, 0.25) is 0 Å². The Morgan fingerprint density at radius 3 is 2.85 bits per heavy atom. The molecule has 0 saturated carbocycles. The van der Waals surface area contributed by atoms with E-state index in [9.17, 15) is 5.26 Å². The number of benzene rings is 1. The number of hydrogen-bond donors (Lipinski definition) is 2. The molecule has 1 aromatic rings. The monoisotopic (exact) mass is 264 g/mol. The van der Waals surface area contributed by atoms with Gasteiger partial charge in [0.25, 0.3) is 0 Å². The largest absolute Gasteiger partial charge is 0.384 e. The summed E-state index contributed by atoms with van der Waals surface area (Å²) in [6.07, 6.45) is 3.89. The molecule has 0 spiro atoms. The number of fused-ring (bicyclic) bond motifs is 1. The van der Waals surface area contributed by atoms with Crippen LogP contribution in [0.5, 0.6) is 0 Å². The van der Waals surface area contributed by atoms with E-state index < -0.39 is 0 Å². The van der Waals surface area contributed by atoms with Crippen molar-refractivity contribution in [2.45, 2.75) is 13.8 Å². The summed E-state index contributed by atoms with van der Waals surface area (Å²) in [4.78, 5) is 2.16. The van der Waals surface area contributed by atoms with Gasteiger partial charge in [-0.25, -0.2) is 0 Å². The Labute approximate surface area is 118 Å². The number of dihydropyridines is 1. The first kappa shape index (κ1) is 12.4. The Morgan fingerprint density at radius 1 is 1.35 bits per heavy atom. The van der Waals surface area contributed by atoms with Crippen LogP contribution >= 0.6 is 0 Å². The molecule has 3 N–H and O–H groups in total. The molecule has 0 atom stereocenters. The zero-order chi connectivity index (χ0) is 14.3. The van der Waals surface area contributed by atoms with Gasteiger partial charge in [-0.15, -0.1) is 0 Å². The van der Waals surface area contributed by atoms with Crippen LogP contribution in [-0.2, 0) is 0 Å². The van der Waals surface area contributed by atoms with Crippen molar-refractivity contribution in [3.8, 4) is 6.07 Å². The second-order valence-electron chi connectivity index (χ2n) is 5.18. The average Bonchev–Trinajstić information content (AvgIpc) is 2.82. The molecular formula is C16H16N4. The van der Waals surface area contributed by atoms with Gasteiger partial charge < -0.3 is 16.0 Å². The van der Waals surface area contributed by atoms with Crippen LogP contribution in [0.25, 0.3) is 0 Å². The predicted octanol–water partition coefficient (Wildman–Crippen LogP) is 2.19. The Bertz CT molecular complexity index is 716. The fraction of sp³-hybridized carbons (Fsp3) is 0.188. The van der Waals surface area contributed by atoms with E-state index in [0.717, 1.165) is 23.4 Å². The Balaban J connectivity index is 2.02. The lowest BCUT2D eigenvalue weighted by atomic mass is 10.0. The summed E-state index contributed by atoms with van der Waals surface area (Å²) in [6, 6.07) is 8.56. The molecule has 0 saturated heterocycles. The molecule has 0 aliphatic carbocycles. The van der Waals surface area contributed by atoms with E-state index in [1.165, 1.54) is 11.1 Å². The van der Waals surface area contributed by atoms with Crippen LogP contribution in [0.1, 0.15) is 11.1 Å². The molecule has 100 valence electrons. The third-order valence-electron chi connectivity index (χ3n) is 3.69. The van der Waals surface area contributed by atoms with Crippen molar-refractivity contribution < 1.29 is 0 Å². The number of rotatable bonds is 1. The van der Waals surface area contributed by atoms with Gasteiger partial charge in [-0.2, -0.15) is 5.26 Å². The highest BCUT2D eigenvalue weighted by molar-refractivity contribution is 5.69.